The molecule has 5 heteroatoms. The van der Waals surface area contributed by atoms with Crippen molar-refractivity contribution in [2.45, 2.75) is 13.2 Å². The fourth-order valence-electron chi connectivity index (χ4n) is 1.96. The Bertz CT molecular complexity index is 408. The minimum absolute atomic E-state index is 0.326. The van der Waals surface area contributed by atoms with E-state index >= 15 is 0 Å². The largest absolute Gasteiger partial charge is 0.462 e. The number of rotatable bonds is 3. The van der Waals surface area contributed by atoms with Crippen LogP contribution in [0.3, 0.4) is 0 Å². The maximum atomic E-state index is 13.2. The second-order valence-electron chi connectivity index (χ2n) is 4.14. The lowest BCUT2D eigenvalue weighted by molar-refractivity contribution is 0.0526. The normalized spacial score (nSPS) is 19.7. The first kappa shape index (κ1) is 12.8. The van der Waals surface area contributed by atoms with Crippen molar-refractivity contribution in [2.24, 2.45) is 0 Å². The molecule has 1 aliphatic rings. The van der Waals surface area contributed by atoms with Crippen LogP contribution in [0, 0.1) is 0 Å². The van der Waals surface area contributed by atoms with Crippen LogP contribution in [0.5, 0.6) is 0 Å². The van der Waals surface area contributed by atoms with Gasteiger partial charge in [-0.25, -0.2) is 9.18 Å². The number of hydrogen-bond donors (Lipinski definition) is 1. The molecule has 0 spiro atoms. The van der Waals surface area contributed by atoms with Crippen molar-refractivity contribution < 1.29 is 13.9 Å². The van der Waals surface area contributed by atoms with Gasteiger partial charge in [0.05, 0.1) is 18.7 Å². The van der Waals surface area contributed by atoms with Crippen LogP contribution in [-0.4, -0.2) is 38.5 Å². The first-order valence-corrected chi connectivity index (χ1v) is 6.10. The highest BCUT2D eigenvalue weighted by Gasteiger charge is 2.18. The van der Waals surface area contributed by atoms with Crippen LogP contribution >= 0.6 is 0 Å². The average Bonchev–Trinajstić information content (AvgIpc) is 2.39. The predicted molar refractivity (Wildman–Crippen MR) is 67.5 cm³/mol. The Morgan fingerprint density at radius 2 is 2.22 bits per heavy atom. The first-order chi connectivity index (χ1) is 8.70. The molecule has 2 rings (SSSR count). The molecule has 0 bridgehead atoms. The van der Waals surface area contributed by atoms with Crippen molar-refractivity contribution in [2.75, 3.05) is 31.1 Å². The van der Waals surface area contributed by atoms with E-state index in [1.165, 1.54) is 0 Å². The molecule has 1 fully saturated rings. The summed E-state index contributed by atoms with van der Waals surface area (Å²) in [6.45, 7) is 3.86. The minimum atomic E-state index is -0.997. The van der Waals surface area contributed by atoms with Gasteiger partial charge in [0, 0.05) is 18.8 Å². The quantitative estimate of drug-likeness (QED) is 0.655. The van der Waals surface area contributed by atoms with Gasteiger partial charge >= 0.3 is 5.97 Å². The van der Waals surface area contributed by atoms with Crippen LogP contribution in [0.15, 0.2) is 24.3 Å². The summed E-state index contributed by atoms with van der Waals surface area (Å²) in [5.74, 6) is -0.326. The van der Waals surface area contributed by atoms with Gasteiger partial charge in [-0.15, -0.1) is 0 Å². The monoisotopic (exact) mass is 252 g/mol. The highest BCUT2D eigenvalue weighted by molar-refractivity contribution is 5.89. The molecule has 1 heterocycles. The van der Waals surface area contributed by atoms with Gasteiger partial charge in [0.15, 0.2) is 6.30 Å². The van der Waals surface area contributed by atoms with Gasteiger partial charge in [-0.05, 0) is 31.2 Å². The van der Waals surface area contributed by atoms with Gasteiger partial charge in [-0.1, -0.05) is 0 Å². The van der Waals surface area contributed by atoms with Crippen molar-refractivity contribution in [3.63, 3.8) is 0 Å². The summed E-state index contributed by atoms with van der Waals surface area (Å²) in [6.07, 6.45) is -0.997. The number of benzene rings is 1. The second-order valence-corrected chi connectivity index (χ2v) is 4.14. The van der Waals surface area contributed by atoms with Crippen molar-refractivity contribution in [3.8, 4) is 0 Å². The molecule has 98 valence electrons. The fraction of sp³-hybridized carbons (Fsp3) is 0.462. The third-order valence-corrected chi connectivity index (χ3v) is 2.87. The number of piperazine rings is 1. The summed E-state index contributed by atoms with van der Waals surface area (Å²) in [7, 11) is 0. The zero-order valence-corrected chi connectivity index (χ0v) is 10.4. The van der Waals surface area contributed by atoms with Gasteiger partial charge in [-0.3, -0.25) is 5.32 Å². The fourth-order valence-corrected chi connectivity index (χ4v) is 1.96. The van der Waals surface area contributed by atoms with Gasteiger partial charge in [0.1, 0.15) is 0 Å². The number of hydrogen-bond acceptors (Lipinski definition) is 4. The molecule has 0 saturated carbocycles. The van der Waals surface area contributed by atoms with Crippen molar-refractivity contribution in [1.29, 1.82) is 0 Å². The van der Waals surface area contributed by atoms with Crippen LogP contribution in [0.25, 0.3) is 0 Å². The number of halogens is 1. The number of alkyl halides is 1. The molecule has 1 saturated heterocycles. The van der Waals surface area contributed by atoms with E-state index in [9.17, 15) is 9.18 Å². The molecule has 0 radical (unpaired) electrons. The van der Waals surface area contributed by atoms with E-state index in [0.29, 0.717) is 25.3 Å². The van der Waals surface area contributed by atoms with E-state index < -0.39 is 6.30 Å². The molecular weight excluding hydrogens is 235 g/mol. The summed E-state index contributed by atoms with van der Waals surface area (Å²) in [5, 5.41) is 2.75. The summed E-state index contributed by atoms with van der Waals surface area (Å²) in [5.41, 5.74) is 1.44. The Labute approximate surface area is 106 Å². The molecule has 1 N–H and O–H groups in total. The van der Waals surface area contributed by atoms with E-state index in [2.05, 4.69) is 5.32 Å². The lowest BCUT2D eigenvalue weighted by atomic mass is 10.2. The van der Waals surface area contributed by atoms with Crippen LogP contribution in [-0.2, 0) is 4.74 Å². The Kier molecular flexibility index (Phi) is 4.15. The van der Waals surface area contributed by atoms with E-state index in [-0.39, 0.29) is 5.97 Å². The molecule has 0 amide bonds. The SMILES string of the molecule is CCOC(=O)c1ccc(N2CCNC(F)C2)cc1. The predicted octanol–water partition coefficient (Wildman–Crippen LogP) is 1.57. The van der Waals surface area contributed by atoms with Gasteiger partial charge in [-0.2, -0.15) is 0 Å². The topological polar surface area (TPSA) is 41.6 Å². The molecule has 1 aromatic carbocycles. The lowest BCUT2D eigenvalue weighted by Gasteiger charge is -2.31. The van der Waals surface area contributed by atoms with Gasteiger partial charge < -0.3 is 9.64 Å². The molecule has 0 aliphatic carbocycles. The Hall–Kier alpha value is -1.62. The van der Waals surface area contributed by atoms with Gasteiger partial charge in [0.25, 0.3) is 0 Å². The second kappa shape index (κ2) is 5.82. The molecule has 18 heavy (non-hydrogen) atoms. The smallest absolute Gasteiger partial charge is 0.338 e. The van der Waals surface area contributed by atoms with Crippen molar-refractivity contribution in [3.05, 3.63) is 29.8 Å². The molecule has 0 aromatic heterocycles. The van der Waals surface area contributed by atoms with Crippen molar-refractivity contribution >= 4 is 11.7 Å². The third-order valence-electron chi connectivity index (χ3n) is 2.87. The van der Waals surface area contributed by atoms with Crippen LogP contribution in [0.1, 0.15) is 17.3 Å². The number of carbonyl (C=O) groups excluding carboxylic acids is 1. The Morgan fingerprint density at radius 3 is 2.83 bits per heavy atom. The van der Waals surface area contributed by atoms with Crippen molar-refractivity contribution in [1.82, 2.24) is 5.32 Å². The number of carbonyl (C=O) groups is 1. The number of esters is 1. The molecule has 1 aromatic rings. The maximum Gasteiger partial charge on any atom is 0.338 e. The zero-order valence-electron chi connectivity index (χ0n) is 10.4. The number of ether oxygens (including phenoxy) is 1. The van der Waals surface area contributed by atoms with Crippen LogP contribution < -0.4 is 10.2 Å². The molecule has 1 atom stereocenters. The Morgan fingerprint density at radius 1 is 1.50 bits per heavy atom. The standard InChI is InChI=1S/C13H17FN2O2/c1-2-18-13(17)10-3-5-11(6-4-10)16-8-7-15-12(14)9-16/h3-6,12,15H,2,7-9H2,1H3. The van der Waals surface area contributed by atoms with E-state index in [4.69, 9.17) is 4.74 Å². The summed E-state index contributed by atoms with van der Waals surface area (Å²) in [6, 6.07) is 7.07. The molecule has 1 aliphatic heterocycles. The molecule has 4 nitrogen and oxygen atoms in total. The number of nitrogens with one attached hydrogen (secondary N) is 1. The summed E-state index contributed by atoms with van der Waals surface area (Å²) < 4.78 is 18.1. The molecule has 1 unspecified atom stereocenters. The first-order valence-electron chi connectivity index (χ1n) is 6.10. The van der Waals surface area contributed by atoms with E-state index in [0.717, 1.165) is 12.2 Å². The van der Waals surface area contributed by atoms with E-state index in [1.54, 1.807) is 19.1 Å². The number of anilines is 1. The van der Waals surface area contributed by atoms with E-state index in [1.807, 2.05) is 17.0 Å². The maximum absolute atomic E-state index is 13.2. The minimum Gasteiger partial charge on any atom is -0.462 e. The summed E-state index contributed by atoms with van der Waals surface area (Å²) >= 11 is 0. The van der Waals surface area contributed by atoms with Crippen LogP contribution in [0.4, 0.5) is 10.1 Å². The summed E-state index contributed by atoms with van der Waals surface area (Å²) in [4.78, 5) is 13.4. The lowest BCUT2D eigenvalue weighted by Crippen LogP contribution is -2.48. The van der Waals surface area contributed by atoms with Crippen LogP contribution in [0.2, 0.25) is 0 Å². The third kappa shape index (κ3) is 2.98. The molecular formula is C13H17FN2O2. The average molecular weight is 252 g/mol. The highest BCUT2D eigenvalue weighted by Crippen LogP contribution is 2.17. The number of nitrogens with zero attached hydrogens (tertiary/aromatic N) is 1. The Balaban J connectivity index is 2.05. The zero-order chi connectivity index (χ0) is 13.0. The van der Waals surface area contributed by atoms with Gasteiger partial charge in [0.2, 0.25) is 0 Å². The highest BCUT2D eigenvalue weighted by atomic mass is 19.1.